The molecule has 0 unspecified atom stereocenters. The lowest BCUT2D eigenvalue weighted by atomic mass is 10.4. The third-order valence-corrected chi connectivity index (χ3v) is 1.48. The zero-order valence-electron chi connectivity index (χ0n) is 4.69. The first-order chi connectivity index (χ1) is 3.95. The van der Waals surface area contributed by atoms with Gasteiger partial charge in [0.2, 0.25) is 0 Å². The van der Waals surface area contributed by atoms with E-state index >= 15 is 0 Å². The Labute approximate surface area is 53.2 Å². The van der Waals surface area contributed by atoms with Crippen LogP contribution in [0.2, 0.25) is 0 Å². The topological polar surface area (TPSA) is 101 Å². The highest BCUT2D eigenvalue weighted by Gasteiger charge is 2.11. The van der Waals surface area contributed by atoms with Gasteiger partial charge in [-0.3, -0.25) is 4.55 Å². The Morgan fingerprint density at radius 3 is 2.11 bits per heavy atom. The van der Waals surface area contributed by atoms with Crippen LogP contribution < -0.4 is 5.73 Å². The fourth-order valence-corrected chi connectivity index (χ4v) is 0.933. The summed E-state index contributed by atoms with van der Waals surface area (Å²) in [6.07, 6.45) is -1.17. The van der Waals surface area contributed by atoms with Gasteiger partial charge in [0.1, 0.15) is 5.75 Å². The van der Waals surface area contributed by atoms with Crippen molar-refractivity contribution in [1.82, 2.24) is 0 Å². The Kier molecular flexibility index (Phi) is 3.06. The van der Waals surface area contributed by atoms with E-state index in [1.165, 1.54) is 0 Å². The van der Waals surface area contributed by atoms with Crippen LogP contribution in [0.3, 0.4) is 0 Å². The maximum Gasteiger partial charge on any atom is 0.267 e. The van der Waals surface area contributed by atoms with E-state index < -0.39 is 22.0 Å². The van der Waals surface area contributed by atoms with Crippen LogP contribution in [0, 0.1) is 0 Å². The van der Waals surface area contributed by atoms with E-state index in [4.69, 9.17) is 15.4 Å². The quantitative estimate of drug-likeness (QED) is 0.417. The minimum atomic E-state index is -4.07. The molecule has 0 radical (unpaired) electrons. The van der Waals surface area contributed by atoms with Crippen LogP contribution >= 0.6 is 0 Å². The molecule has 0 saturated heterocycles. The van der Waals surface area contributed by atoms with E-state index in [0.29, 0.717) is 0 Å². The second-order valence-corrected chi connectivity index (χ2v) is 3.14. The van der Waals surface area contributed by atoms with Crippen molar-refractivity contribution in [3.63, 3.8) is 0 Å². The van der Waals surface area contributed by atoms with Crippen LogP contribution in [0.25, 0.3) is 0 Å². The van der Waals surface area contributed by atoms with Gasteiger partial charge in [0.25, 0.3) is 10.1 Å². The van der Waals surface area contributed by atoms with Crippen molar-refractivity contribution in [2.75, 3.05) is 12.3 Å². The minimum Gasteiger partial charge on any atom is -0.391 e. The summed E-state index contributed by atoms with van der Waals surface area (Å²) in [6.45, 7) is -0.167. The van der Waals surface area contributed by atoms with Gasteiger partial charge in [-0.15, -0.1) is 0 Å². The van der Waals surface area contributed by atoms with Crippen molar-refractivity contribution in [1.29, 1.82) is 0 Å². The number of rotatable bonds is 3. The van der Waals surface area contributed by atoms with Gasteiger partial charge in [-0.25, -0.2) is 0 Å². The first-order valence-electron chi connectivity index (χ1n) is 2.29. The summed E-state index contributed by atoms with van der Waals surface area (Å²) < 4.78 is 28.0. The summed E-state index contributed by atoms with van der Waals surface area (Å²) in [5, 5.41) is 8.53. The number of hydrogen-bond donors (Lipinski definition) is 3. The van der Waals surface area contributed by atoms with Gasteiger partial charge in [0, 0.05) is 6.54 Å². The van der Waals surface area contributed by atoms with Crippen LogP contribution in [0.1, 0.15) is 0 Å². The zero-order chi connectivity index (χ0) is 7.49. The summed E-state index contributed by atoms with van der Waals surface area (Å²) >= 11 is 0. The molecule has 5 nitrogen and oxygen atoms in total. The van der Waals surface area contributed by atoms with Crippen LogP contribution in [-0.4, -0.2) is 36.5 Å². The van der Waals surface area contributed by atoms with E-state index in [2.05, 4.69) is 0 Å². The molecule has 0 aliphatic heterocycles. The van der Waals surface area contributed by atoms with Crippen molar-refractivity contribution in [3.05, 3.63) is 0 Å². The largest absolute Gasteiger partial charge is 0.391 e. The fourth-order valence-electron chi connectivity index (χ4n) is 0.311. The Hall–Kier alpha value is -0.170. The van der Waals surface area contributed by atoms with Crippen molar-refractivity contribution in [3.8, 4) is 0 Å². The fraction of sp³-hybridized carbons (Fsp3) is 1.00. The molecule has 0 aromatic heterocycles. The lowest BCUT2D eigenvalue weighted by Crippen LogP contribution is -2.27. The number of aliphatic hydroxyl groups is 1. The van der Waals surface area contributed by atoms with Crippen LogP contribution in [0.15, 0.2) is 0 Å². The third-order valence-electron chi connectivity index (χ3n) is 0.675. The Bertz CT molecular complexity index is 163. The molecular formula is C3H9NO4S. The van der Waals surface area contributed by atoms with Gasteiger partial charge in [0.05, 0.1) is 6.10 Å². The van der Waals surface area contributed by atoms with Crippen molar-refractivity contribution < 1.29 is 18.1 Å². The van der Waals surface area contributed by atoms with Gasteiger partial charge in [-0.1, -0.05) is 0 Å². The van der Waals surface area contributed by atoms with Crippen LogP contribution in [-0.2, 0) is 10.1 Å². The molecule has 56 valence electrons. The molecule has 0 amide bonds. The van der Waals surface area contributed by atoms with E-state index in [1.54, 1.807) is 0 Å². The molecule has 0 aliphatic rings. The van der Waals surface area contributed by atoms with Gasteiger partial charge >= 0.3 is 0 Å². The Morgan fingerprint density at radius 2 is 2.00 bits per heavy atom. The van der Waals surface area contributed by atoms with E-state index in [-0.39, 0.29) is 6.54 Å². The normalized spacial score (nSPS) is 15.4. The van der Waals surface area contributed by atoms with E-state index in [9.17, 15) is 8.42 Å². The SMILES string of the molecule is NC[C@H](O)CS(=O)(=O)O. The third kappa shape index (κ3) is 5.71. The molecule has 9 heavy (non-hydrogen) atoms. The Balaban J connectivity index is 3.75. The highest BCUT2D eigenvalue weighted by molar-refractivity contribution is 7.85. The van der Waals surface area contributed by atoms with Gasteiger partial charge < -0.3 is 10.8 Å². The smallest absolute Gasteiger partial charge is 0.267 e. The predicted octanol–water partition coefficient (Wildman–Crippen LogP) is -1.81. The summed E-state index contributed by atoms with van der Waals surface area (Å²) in [6, 6.07) is 0. The van der Waals surface area contributed by atoms with Crippen molar-refractivity contribution >= 4 is 10.1 Å². The number of hydrogen-bond acceptors (Lipinski definition) is 4. The summed E-state index contributed by atoms with van der Waals surface area (Å²) in [4.78, 5) is 0. The molecule has 0 heterocycles. The van der Waals surface area contributed by atoms with Gasteiger partial charge in [0.15, 0.2) is 0 Å². The molecule has 0 spiro atoms. The predicted molar refractivity (Wildman–Crippen MR) is 31.5 cm³/mol. The monoisotopic (exact) mass is 155 g/mol. The van der Waals surface area contributed by atoms with E-state index in [1.807, 2.05) is 0 Å². The Morgan fingerprint density at radius 1 is 1.56 bits per heavy atom. The van der Waals surface area contributed by atoms with Gasteiger partial charge in [-0.05, 0) is 0 Å². The molecule has 6 heteroatoms. The summed E-state index contributed by atoms with van der Waals surface area (Å²) in [5.41, 5.74) is 4.85. The summed E-state index contributed by atoms with van der Waals surface area (Å²) in [5.74, 6) is -0.691. The van der Waals surface area contributed by atoms with Crippen molar-refractivity contribution in [2.45, 2.75) is 6.10 Å². The molecule has 0 aromatic rings. The maximum atomic E-state index is 9.94. The van der Waals surface area contributed by atoms with Crippen LogP contribution in [0.5, 0.6) is 0 Å². The second-order valence-electron chi connectivity index (χ2n) is 1.64. The van der Waals surface area contributed by atoms with Gasteiger partial charge in [-0.2, -0.15) is 8.42 Å². The second kappa shape index (κ2) is 3.11. The summed E-state index contributed by atoms with van der Waals surface area (Å²) in [7, 11) is -4.07. The molecule has 0 saturated carbocycles. The van der Waals surface area contributed by atoms with Crippen LogP contribution in [0.4, 0.5) is 0 Å². The van der Waals surface area contributed by atoms with E-state index in [0.717, 1.165) is 0 Å². The lowest BCUT2D eigenvalue weighted by Gasteiger charge is -2.02. The molecule has 0 rings (SSSR count). The number of aliphatic hydroxyl groups excluding tert-OH is 1. The molecule has 0 bridgehead atoms. The first-order valence-corrected chi connectivity index (χ1v) is 3.90. The highest BCUT2D eigenvalue weighted by Crippen LogP contribution is 1.86. The average molecular weight is 155 g/mol. The zero-order valence-corrected chi connectivity index (χ0v) is 5.50. The standard InChI is InChI=1S/C3H9NO4S/c4-1-3(5)2-9(6,7)8/h3,5H,1-2,4H2,(H,6,7,8)/t3-/m0/s1. The molecule has 0 aliphatic carbocycles. The molecular weight excluding hydrogens is 146 g/mol. The molecule has 0 fully saturated rings. The first kappa shape index (κ1) is 8.83. The average Bonchev–Trinajstić information content (AvgIpc) is 1.62. The minimum absolute atomic E-state index is 0.167. The highest BCUT2D eigenvalue weighted by atomic mass is 32.2. The molecule has 4 N–H and O–H groups in total. The molecule has 1 atom stereocenters. The van der Waals surface area contributed by atoms with Crippen molar-refractivity contribution in [2.24, 2.45) is 5.73 Å². The number of nitrogens with two attached hydrogens (primary N) is 1. The lowest BCUT2D eigenvalue weighted by molar-refractivity contribution is 0.203. The molecule has 0 aromatic carbocycles. The maximum absolute atomic E-state index is 9.94.